The zero-order chi connectivity index (χ0) is 19.3. The third kappa shape index (κ3) is 5.39. The zero-order valence-electron chi connectivity index (χ0n) is 16.0. The molecule has 0 fully saturated rings. The van der Waals surface area contributed by atoms with Gasteiger partial charge < -0.3 is 10.6 Å². The van der Waals surface area contributed by atoms with Crippen molar-refractivity contribution < 1.29 is 9.59 Å². The third-order valence-electron chi connectivity index (χ3n) is 3.92. The second-order valence-corrected chi connectivity index (χ2v) is 8.18. The van der Waals surface area contributed by atoms with Gasteiger partial charge in [-0.1, -0.05) is 69.4 Å². The number of benzene rings is 1. The molecule has 1 atom stereocenters. The van der Waals surface area contributed by atoms with Gasteiger partial charge in [0.05, 0.1) is 10.6 Å². The summed E-state index contributed by atoms with van der Waals surface area (Å²) in [5.41, 5.74) is 1.95. The number of nitrogens with zero attached hydrogens (tertiary/aromatic N) is 1. The quantitative estimate of drug-likeness (QED) is 0.762. The fourth-order valence-corrected chi connectivity index (χ4v) is 3.60. The summed E-state index contributed by atoms with van der Waals surface area (Å²) >= 11 is 1.44. The van der Waals surface area contributed by atoms with E-state index >= 15 is 0 Å². The standard InChI is InChI=1S/C20H27N3O2S/c1-12(2)11-16(24)22-17(13(3)4)19(25)23-20-21-14(5)18(26-20)15-9-7-6-8-10-15/h6-10,12-13,17H,11H2,1-5H3,(H,22,24)(H,21,23,25). The Labute approximate surface area is 159 Å². The third-order valence-corrected chi connectivity index (χ3v) is 5.04. The van der Waals surface area contributed by atoms with Gasteiger partial charge in [0.15, 0.2) is 5.13 Å². The smallest absolute Gasteiger partial charge is 0.248 e. The van der Waals surface area contributed by atoms with E-state index in [0.29, 0.717) is 11.6 Å². The Balaban J connectivity index is 2.11. The highest BCUT2D eigenvalue weighted by molar-refractivity contribution is 7.19. The summed E-state index contributed by atoms with van der Waals surface area (Å²) in [6.07, 6.45) is 0.408. The van der Waals surface area contributed by atoms with Crippen LogP contribution in [0, 0.1) is 18.8 Å². The highest BCUT2D eigenvalue weighted by atomic mass is 32.1. The van der Waals surface area contributed by atoms with Crippen molar-refractivity contribution >= 4 is 28.3 Å². The molecule has 0 radical (unpaired) electrons. The average molecular weight is 374 g/mol. The lowest BCUT2D eigenvalue weighted by Gasteiger charge is -2.21. The minimum atomic E-state index is -0.578. The summed E-state index contributed by atoms with van der Waals surface area (Å²) in [5.74, 6) is -0.0960. The first kappa shape index (κ1) is 20.1. The van der Waals surface area contributed by atoms with Gasteiger partial charge in [-0.3, -0.25) is 9.59 Å². The number of anilines is 1. The van der Waals surface area contributed by atoms with Crippen LogP contribution in [0.3, 0.4) is 0 Å². The molecule has 2 N–H and O–H groups in total. The van der Waals surface area contributed by atoms with Gasteiger partial charge in [-0.05, 0) is 24.3 Å². The maximum absolute atomic E-state index is 12.7. The molecule has 1 unspecified atom stereocenters. The van der Waals surface area contributed by atoms with Crippen LogP contribution >= 0.6 is 11.3 Å². The van der Waals surface area contributed by atoms with Gasteiger partial charge in [-0.25, -0.2) is 4.98 Å². The number of nitrogens with one attached hydrogen (secondary N) is 2. The van der Waals surface area contributed by atoms with E-state index in [1.165, 1.54) is 11.3 Å². The van der Waals surface area contributed by atoms with Crippen LogP contribution in [0.1, 0.15) is 39.8 Å². The highest BCUT2D eigenvalue weighted by Crippen LogP contribution is 2.32. The first-order valence-corrected chi connectivity index (χ1v) is 9.72. The van der Waals surface area contributed by atoms with E-state index in [2.05, 4.69) is 15.6 Å². The normalized spacial score (nSPS) is 12.3. The molecule has 1 aromatic carbocycles. The van der Waals surface area contributed by atoms with Gasteiger partial charge in [0.1, 0.15) is 6.04 Å². The van der Waals surface area contributed by atoms with Gasteiger partial charge in [0.25, 0.3) is 0 Å². The number of aromatic nitrogens is 1. The molecule has 6 heteroatoms. The predicted molar refractivity (Wildman–Crippen MR) is 107 cm³/mol. The Morgan fingerprint density at radius 3 is 2.35 bits per heavy atom. The van der Waals surface area contributed by atoms with Crippen LogP contribution in [0.5, 0.6) is 0 Å². The molecule has 5 nitrogen and oxygen atoms in total. The van der Waals surface area contributed by atoms with Crippen LogP contribution in [0.2, 0.25) is 0 Å². The maximum atomic E-state index is 12.7. The van der Waals surface area contributed by atoms with E-state index in [-0.39, 0.29) is 23.7 Å². The molecule has 0 saturated heterocycles. The van der Waals surface area contributed by atoms with Gasteiger partial charge in [-0.2, -0.15) is 0 Å². The molecule has 0 aliphatic heterocycles. The summed E-state index contributed by atoms with van der Waals surface area (Å²) in [7, 11) is 0. The molecule has 0 bridgehead atoms. The molecule has 0 aliphatic rings. The van der Waals surface area contributed by atoms with Crippen LogP contribution in [0.15, 0.2) is 30.3 Å². The van der Waals surface area contributed by atoms with Crippen LogP contribution in [-0.2, 0) is 9.59 Å². The van der Waals surface area contributed by atoms with E-state index < -0.39 is 6.04 Å². The highest BCUT2D eigenvalue weighted by Gasteiger charge is 2.25. The van der Waals surface area contributed by atoms with Crippen molar-refractivity contribution in [1.82, 2.24) is 10.3 Å². The summed E-state index contributed by atoms with van der Waals surface area (Å²) in [6.45, 7) is 9.73. The van der Waals surface area contributed by atoms with E-state index in [9.17, 15) is 9.59 Å². The Bertz CT molecular complexity index is 754. The molecular weight excluding hydrogens is 346 g/mol. The SMILES string of the molecule is Cc1nc(NC(=O)C(NC(=O)CC(C)C)C(C)C)sc1-c1ccccc1. The summed E-state index contributed by atoms with van der Waals surface area (Å²) in [6, 6.07) is 9.39. The Morgan fingerprint density at radius 1 is 1.12 bits per heavy atom. The topological polar surface area (TPSA) is 71.1 Å². The van der Waals surface area contributed by atoms with E-state index in [1.54, 1.807) is 0 Å². The largest absolute Gasteiger partial charge is 0.344 e. The summed E-state index contributed by atoms with van der Waals surface area (Å²) in [4.78, 5) is 30.2. The molecule has 0 aliphatic carbocycles. The second kappa shape index (κ2) is 8.94. The van der Waals surface area contributed by atoms with Crippen molar-refractivity contribution in [1.29, 1.82) is 0 Å². The monoisotopic (exact) mass is 373 g/mol. The average Bonchev–Trinajstić information content (AvgIpc) is 2.92. The first-order valence-electron chi connectivity index (χ1n) is 8.91. The van der Waals surface area contributed by atoms with Crippen molar-refractivity contribution in [3.63, 3.8) is 0 Å². The Kier molecular flexibility index (Phi) is 6.91. The van der Waals surface area contributed by atoms with Crippen molar-refractivity contribution in [3.05, 3.63) is 36.0 Å². The fourth-order valence-electron chi connectivity index (χ4n) is 2.63. The number of thiazole rings is 1. The van der Waals surface area contributed by atoms with Crippen molar-refractivity contribution in [2.45, 2.75) is 47.1 Å². The molecule has 2 rings (SSSR count). The van der Waals surface area contributed by atoms with Crippen LogP contribution in [0.25, 0.3) is 10.4 Å². The number of carbonyl (C=O) groups is 2. The van der Waals surface area contributed by atoms with Gasteiger partial charge in [0, 0.05) is 6.42 Å². The fraction of sp³-hybridized carbons (Fsp3) is 0.450. The zero-order valence-corrected chi connectivity index (χ0v) is 16.8. The lowest BCUT2D eigenvalue weighted by atomic mass is 10.0. The lowest BCUT2D eigenvalue weighted by Crippen LogP contribution is -2.47. The molecule has 0 spiro atoms. The number of carbonyl (C=O) groups excluding carboxylic acids is 2. The van der Waals surface area contributed by atoms with Crippen molar-refractivity contribution in [2.75, 3.05) is 5.32 Å². The van der Waals surface area contributed by atoms with E-state index in [1.807, 2.05) is 65.0 Å². The number of hydrogen-bond acceptors (Lipinski definition) is 4. The second-order valence-electron chi connectivity index (χ2n) is 7.18. The van der Waals surface area contributed by atoms with E-state index in [4.69, 9.17) is 0 Å². The molecule has 2 aromatic rings. The van der Waals surface area contributed by atoms with E-state index in [0.717, 1.165) is 16.1 Å². The van der Waals surface area contributed by atoms with Crippen LogP contribution in [-0.4, -0.2) is 22.8 Å². The maximum Gasteiger partial charge on any atom is 0.248 e. The summed E-state index contributed by atoms with van der Waals surface area (Å²) in [5, 5.41) is 6.26. The number of aryl methyl sites for hydroxylation is 1. The molecule has 140 valence electrons. The molecular formula is C20H27N3O2S. The number of rotatable bonds is 7. The lowest BCUT2D eigenvalue weighted by molar-refractivity contribution is -0.127. The Morgan fingerprint density at radius 2 is 1.77 bits per heavy atom. The van der Waals surface area contributed by atoms with Gasteiger partial charge >= 0.3 is 0 Å². The molecule has 1 heterocycles. The van der Waals surface area contributed by atoms with Crippen molar-refractivity contribution in [3.8, 4) is 10.4 Å². The molecule has 26 heavy (non-hydrogen) atoms. The number of amides is 2. The number of hydrogen-bond donors (Lipinski definition) is 2. The van der Waals surface area contributed by atoms with Crippen molar-refractivity contribution in [2.24, 2.45) is 11.8 Å². The molecule has 2 amide bonds. The predicted octanol–water partition coefficient (Wildman–Crippen LogP) is 4.24. The van der Waals surface area contributed by atoms with Gasteiger partial charge in [0.2, 0.25) is 11.8 Å². The van der Waals surface area contributed by atoms with Crippen LogP contribution < -0.4 is 10.6 Å². The minimum absolute atomic E-state index is 0.0132. The van der Waals surface area contributed by atoms with Crippen LogP contribution in [0.4, 0.5) is 5.13 Å². The Hall–Kier alpha value is -2.21. The first-order chi connectivity index (χ1) is 12.3. The molecule has 1 aromatic heterocycles. The van der Waals surface area contributed by atoms with Gasteiger partial charge in [-0.15, -0.1) is 0 Å². The molecule has 0 saturated carbocycles. The summed E-state index contributed by atoms with van der Waals surface area (Å²) < 4.78 is 0. The minimum Gasteiger partial charge on any atom is -0.344 e.